The van der Waals surface area contributed by atoms with Gasteiger partial charge in [-0.3, -0.25) is 0 Å². The monoisotopic (exact) mass is 324 g/mol. The molecule has 0 radical (unpaired) electrons. The quantitative estimate of drug-likeness (QED) is 0.891. The highest BCUT2D eigenvalue weighted by Gasteiger charge is 2.17. The smallest absolute Gasteiger partial charge is 0.241 e. The maximum absolute atomic E-state index is 12.8. The van der Waals surface area contributed by atoms with E-state index in [2.05, 4.69) is 20.7 Å². The van der Waals surface area contributed by atoms with Crippen LogP contribution in [0.5, 0.6) is 0 Å². The lowest BCUT2D eigenvalue weighted by atomic mass is 10.3. The summed E-state index contributed by atoms with van der Waals surface area (Å²) < 4.78 is 39.2. The van der Waals surface area contributed by atoms with E-state index in [0.717, 1.165) is 12.1 Å². The molecule has 0 heterocycles. The number of nitrogens with one attached hydrogen (secondary N) is 1. The van der Waals surface area contributed by atoms with E-state index in [1.807, 2.05) is 19.0 Å². The Kier molecular flexibility index (Phi) is 5.05. The number of nitrogens with zero attached hydrogens (tertiary/aromatic N) is 1. The average molecular weight is 325 g/mol. The Labute approximate surface area is 109 Å². The zero-order valence-electron chi connectivity index (χ0n) is 9.57. The molecule has 4 nitrogen and oxygen atoms in total. The first-order chi connectivity index (χ1) is 7.83. The van der Waals surface area contributed by atoms with Crippen molar-refractivity contribution in [3.05, 3.63) is 28.5 Å². The molecule has 7 heteroatoms. The summed E-state index contributed by atoms with van der Waals surface area (Å²) in [6, 6.07) is 3.48. The van der Waals surface area contributed by atoms with Crippen molar-refractivity contribution >= 4 is 26.0 Å². The first-order valence-electron chi connectivity index (χ1n) is 4.92. The summed E-state index contributed by atoms with van der Waals surface area (Å²) in [7, 11) is 0.105. The van der Waals surface area contributed by atoms with Crippen LogP contribution in [0, 0.1) is 5.82 Å². The molecular formula is C10H14BrFN2O2S. The van der Waals surface area contributed by atoms with Gasteiger partial charge in [0.25, 0.3) is 0 Å². The van der Waals surface area contributed by atoms with Gasteiger partial charge in [0, 0.05) is 17.6 Å². The number of rotatable bonds is 5. The molecule has 0 aliphatic heterocycles. The van der Waals surface area contributed by atoms with Crippen LogP contribution < -0.4 is 4.72 Å². The van der Waals surface area contributed by atoms with E-state index in [-0.39, 0.29) is 9.37 Å². The summed E-state index contributed by atoms with van der Waals surface area (Å²) in [5, 5.41) is 0. The first kappa shape index (κ1) is 14.6. The highest BCUT2D eigenvalue weighted by Crippen LogP contribution is 2.22. The Morgan fingerprint density at radius 2 is 2.06 bits per heavy atom. The largest absolute Gasteiger partial charge is 0.308 e. The second kappa shape index (κ2) is 5.90. The van der Waals surface area contributed by atoms with E-state index in [4.69, 9.17) is 0 Å². The van der Waals surface area contributed by atoms with Crippen LogP contribution in [0.3, 0.4) is 0 Å². The van der Waals surface area contributed by atoms with Gasteiger partial charge in [-0.05, 0) is 48.2 Å². The maximum Gasteiger partial charge on any atom is 0.241 e. The van der Waals surface area contributed by atoms with Crippen LogP contribution in [0.25, 0.3) is 0 Å². The van der Waals surface area contributed by atoms with Crippen LogP contribution in [0.1, 0.15) is 0 Å². The predicted octanol–water partition coefficient (Wildman–Crippen LogP) is 1.43. The Morgan fingerprint density at radius 3 is 2.59 bits per heavy atom. The van der Waals surface area contributed by atoms with Gasteiger partial charge in [-0.1, -0.05) is 0 Å². The van der Waals surface area contributed by atoms with Gasteiger partial charge in [-0.15, -0.1) is 0 Å². The molecule has 0 aromatic heterocycles. The van der Waals surface area contributed by atoms with Crippen molar-refractivity contribution in [1.29, 1.82) is 0 Å². The Hall–Kier alpha value is -0.500. The minimum atomic E-state index is -3.59. The number of halogens is 2. The van der Waals surface area contributed by atoms with Gasteiger partial charge in [0.15, 0.2) is 0 Å². The summed E-state index contributed by atoms with van der Waals surface area (Å²) in [6.07, 6.45) is 0. The second-order valence-corrected chi connectivity index (χ2v) is 6.37. The molecular weight excluding hydrogens is 311 g/mol. The van der Waals surface area contributed by atoms with Crippen LogP contribution in [0.2, 0.25) is 0 Å². The van der Waals surface area contributed by atoms with Crippen LogP contribution >= 0.6 is 15.9 Å². The SMILES string of the molecule is CN(C)CCNS(=O)(=O)c1ccc(F)cc1Br. The number of hydrogen-bond donors (Lipinski definition) is 1. The number of sulfonamides is 1. The Morgan fingerprint density at radius 1 is 1.41 bits per heavy atom. The number of hydrogen-bond acceptors (Lipinski definition) is 3. The van der Waals surface area contributed by atoms with Crippen molar-refractivity contribution < 1.29 is 12.8 Å². The summed E-state index contributed by atoms with van der Waals surface area (Å²) in [5.74, 6) is -0.482. The molecule has 0 spiro atoms. The van der Waals surface area contributed by atoms with Crippen molar-refractivity contribution in [3.63, 3.8) is 0 Å². The topological polar surface area (TPSA) is 49.4 Å². The third-order valence-corrected chi connectivity index (χ3v) is 4.47. The van der Waals surface area contributed by atoms with Crippen molar-refractivity contribution in [1.82, 2.24) is 9.62 Å². The fourth-order valence-corrected chi connectivity index (χ4v) is 3.24. The lowest BCUT2D eigenvalue weighted by molar-refractivity contribution is 0.412. The van der Waals surface area contributed by atoms with Gasteiger partial charge in [0.05, 0.1) is 4.90 Å². The van der Waals surface area contributed by atoms with Crippen LogP contribution in [-0.2, 0) is 10.0 Å². The zero-order chi connectivity index (χ0) is 13.1. The molecule has 0 unspecified atom stereocenters. The van der Waals surface area contributed by atoms with Crippen LogP contribution in [-0.4, -0.2) is 40.5 Å². The molecule has 0 amide bonds. The summed E-state index contributed by atoms with van der Waals surface area (Å²) >= 11 is 3.03. The molecule has 0 bridgehead atoms. The fourth-order valence-electron chi connectivity index (χ4n) is 1.17. The van der Waals surface area contributed by atoms with E-state index in [0.29, 0.717) is 13.1 Å². The third kappa shape index (κ3) is 4.34. The molecule has 0 aliphatic rings. The number of likely N-dealkylation sites (N-methyl/N-ethyl adjacent to an activating group) is 1. The minimum Gasteiger partial charge on any atom is -0.308 e. The third-order valence-electron chi connectivity index (χ3n) is 2.03. The summed E-state index contributed by atoms with van der Waals surface area (Å²) in [6.45, 7) is 0.900. The van der Waals surface area contributed by atoms with Gasteiger partial charge in [0.1, 0.15) is 5.82 Å². The molecule has 96 valence electrons. The van der Waals surface area contributed by atoms with Crippen molar-refractivity contribution in [2.75, 3.05) is 27.2 Å². The van der Waals surface area contributed by atoms with Gasteiger partial charge in [0.2, 0.25) is 10.0 Å². The lowest BCUT2D eigenvalue weighted by Gasteiger charge is -2.11. The fraction of sp³-hybridized carbons (Fsp3) is 0.400. The van der Waals surface area contributed by atoms with Crippen LogP contribution in [0.15, 0.2) is 27.6 Å². The highest BCUT2D eigenvalue weighted by molar-refractivity contribution is 9.10. The van der Waals surface area contributed by atoms with Crippen molar-refractivity contribution in [2.45, 2.75) is 4.90 Å². The highest BCUT2D eigenvalue weighted by atomic mass is 79.9. The van der Waals surface area contributed by atoms with Crippen molar-refractivity contribution in [2.24, 2.45) is 0 Å². The molecule has 17 heavy (non-hydrogen) atoms. The molecule has 0 atom stereocenters. The normalized spacial score (nSPS) is 12.1. The molecule has 1 N–H and O–H groups in total. The van der Waals surface area contributed by atoms with Gasteiger partial charge >= 0.3 is 0 Å². The van der Waals surface area contributed by atoms with Gasteiger partial charge < -0.3 is 4.90 Å². The lowest BCUT2D eigenvalue weighted by Crippen LogP contribution is -2.31. The van der Waals surface area contributed by atoms with E-state index >= 15 is 0 Å². The second-order valence-electron chi connectivity index (χ2n) is 3.78. The molecule has 0 saturated carbocycles. The van der Waals surface area contributed by atoms with E-state index in [9.17, 15) is 12.8 Å². The summed E-state index contributed by atoms with van der Waals surface area (Å²) in [4.78, 5) is 1.90. The van der Waals surface area contributed by atoms with E-state index < -0.39 is 15.8 Å². The van der Waals surface area contributed by atoms with E-state index in [1.165, 1.54) is 6.07 Å². The standard InChI is InChI=1S/C10H14BrFN2O2S/c1-14(2)6-5-13-17(15,16)10-4-3-8(12)7-9(10)11/h3-4,7,13H,5-6H2,1-2H3. The first-order valence-corrected chi connectivity index (χ1v) is 7.20. The molecule has 1 rings (SSSR count). The van der Waals surface area contributed by atoms with Gasteiger partial charge in [-0.25, -0.2) is 17.5 Å². The molecule has 0 fully saturated rings. The molecule has 0 saturated heterocycles. The molecule has 1 aromatic carbocycles. The summed E-state index contributed by atoms with van der Waals surface area (Å²) in [5.41, 5.74) is 0. The molecule has 0 aliphatic carbocycles. The number of benzene rings is 1. The predicted molar refractivity (Wildman–Crippen MR) is 67.8 cm³/mol. The minimum absolute atomic E-state index is 0.0395. The average Bonchev–Trinajstić information content (AvgIpc) is 2.15. The molecule has 1 aromatic rings. The maximum atomic E-state index is 12.8. The van der Waals surface area contributed by atoms with Crippen LogP contribution in [0.4, 0.5) is 4.39 Å². The van der Waals surface area contributed by atoms with Crippen molar-refractivity contribution in [3.8, 4) is 0 Å². The van der Waals surface area contributed by atoms with Gasteiger partial charge in [-0.2, -0.15) is 0 Å². The Balaban J connectivity index is 2.83. The Bertz CT molecular complexity index is 491. The van der Waals surface area contributed by atoms with E-state index in [1.54, 1.807) is 0 Å². The zero-order valence-corrected chi connectivity index (χ0v) is 12.0.